The summed E-state index contributed by atoms with van der Waals surface area (Å²) in [5.74, 6) is 0. The molecule has 0 radical (unpaired) electrons. The zero-order chi connectivity index (χ0) is 12.6. The number of hydrogen-bond donors (Lipinski definition) is 0. The van der Waals surface area contributed by atoms with Gasteiger partial charge in [0.25, 0.3) is 0 Å². The van der Waals surface area contributed by atoms with Gasteiger partial charge in [0.05, 0.1) is 9.06 Å². The Hall–Kier alpha value is -1.03. The molecule has 1 aromatic heterocycles. The fourth-order valence-corrected chi connectivity index (χ4v) is 2.79. The number of rotatable bonds is 3. The lowest BCUT2D eigenvalue weighted by Gasteiger charge is -2.23. The number of halogens is 1. The van der Waals surface area contributed by atoms with Crippen LogP contribution in [0.1, 0.15) is 25.1 Å². The molecule has 0 unspecified atom stereocenters. The van der Waals surface area contributed by atoms with Crippen molar-refractivity contribution in [2.45, 2.75) is 17.4 Å². The first-order valence-corrected chi connectivity index (χ1v) is 6.66. The molecule has 1 aromatic carbocycles. The van der Waals surface area contributed by atoms with Crippen molar-refractivity contribution in [2.75, 3.05) is 0 Å². The lowest BCUT2D eigenvalue weighted by molar-refractivity contribution is 0.586. The molecule has 0 atom stereocenters. The minimum Gasteiger partial charge on any atom is -0.326 e. The molecule has 0 spiro atoms. The molecule has 0 bridgehead atoms. The lowest BCUT2D eigenvalue weighted by atomic mass is 10.1. The number of fused-ring (bicyclic) bond motifs is 1. The number of nitrogens with zero attached hydrogens (tertiary/aromatic N) is 1. The van der Waals surface area contributed by atoms with Gasteiger partial charge in [-0.15, -0.1) is 0 Å². The highest BCUT2D eigenvalue weighted by Crippen LogP contribution is 2.36. The van der Waals surface area contributed by atoms with Gasteiger partial charge in [-0.05, 0) is 26.0 Å². The maximum Gasteiger partial charge on any atom is 0.0910 e. The Balaban J connectivity index is 2.99. The van der Waals surface area contributed by atoms with Crippen LogP contribution >= 0.6 is 22.6 Å². The molecule has 0 aliphatic heterocycles. The predicted octanol–water partition coefficient (Wildman–Crippen LogP) is 5.05. The van der Waals surface area contributed by atoms with Crippen molar-refractivity contribution in [1.82, 2.24) is 4.57 Å². The summed E-state index contributed by atoms with van der Waals surface area (Å²) >= 11 is 2.45. The van der Waals surface area contributed by atoms with Crippen LogP contribution in [0.15, 0.2) is 37.4 Å². The van der Waals surface area contributed by atoms with Crippen molar-refractivity contribution >= 4 is 45.6 Å². The third kappa shape index (κ3) is 1.95. The van der Waals surface area contributed by atoms with Crippen LogP contribution in [0.5, 0.6) is 0 Å². The van der Waals surface area contributed by atoms with E-state index in [1.165, 1.54) is 16.5 Å². The molecule has 0 N–H and O–H groups in total. The minimum absolute atomic E-state index is 0.00213. The summed E-state index contributed by atoms with van der Waals surface area (Å²) in [6.07, 6.45) is 3.83. The van der Waals surface area contributed by atoms with E-state index in [1.54, 1.807) is 0 Å². The molecule has 0 saturated carbocycles. The largest absolute Gasteiger partial charge is 0.326 e. The van der Waals surface area contributed by atoms with Crippen LogP contribution in [0.25, 0.3) is 23.1 Å². The van der Waals surface area contributed by atoms with Gasteiger partial charge in [0.2, 0.25) is 0 Å². The molecule has 0 aliphatic carbocycles. The Morgan fingerprint density at radius 3 is 2.35 bits per heavy atom. The molecule has 2 rings (SSSR count). The minimum atomic E-state index is 0.00213. The Morgan fingerprint density at radius 2 is 1.82 bits per heavy atom. The van der Waals surface area contributed by atoms with Crippen molar-refractivity contribution in [3.8, 4) is 0 Å². The van der Waals surface area contributed by atoms with Crippen molar-refractivity contribution < 1.29 is 0 Å². The van der Waals surface area contributed by atoms with E-state index < -0.39 is 0 Å². The van der Waals surface area contributed by atoms with E-state index in [9.17, 15) is 0 Å². The molecule has 1 nitrogen and oxygen atoms in total. The second-order valence-corrected chi connectivity index (χ2v) is 7.11. The van der Waals surface area contributed by atoms with Crippen LogP contribution in [0, 0.1) is 0 Å². The molecule has 88 valence electrons. The Kier molecular flexibility index (Phi) is 3.17. The highest BCUT2D eigenvalue weighted by atomic mass is 127. The van der Waals surface area contributed by atoms with Crippen molar-refractivity contribution in [2.24, 2.45) is 0 Å². The van der Waals surface area contributed by atoms with E-state index in [-0.39, 0.29) is 3.55 Å². The highest BCUT2D eigenvalue weighted by molar-refractivity contribution is 14.1. The first kappa shape index (κ1) is 12.4. The Bertz CT molecular complexity index is 585. The second kappa shape index (κ2) is 4.33. The molecule has 0 amide bonds. The monoisotopic (exact) mass is 337 g/mol. The van der Waals surface area contributed by atoms with E-state index in [1.807, 2.05) is 12.2 Å². The van der Waals surface area contributed by atoms with Gasteiger partial charge in [0.15, 0.2) is 0 Å². The summed E-state index contributed by atoms with van der Waals surface area (Å²) < 4.78 is 2.31. The van der Waals surface area contributed by atoms with E-state index in [4.69, 9.17) is 0 Å². The SMILES string of the molecule is C=Cc1c(C=C)n(C(C)(C)I)c2ccccc12. The topological polar surface area (TPSA) is 4.93 Å². The van der Waals surface area contributed by atoms with Crippen LogP contribution in [0.4, 0.5) is 0 Å². The van der Waals surface area contributed by atoms with E-state index in [0.29, 0.717) is 0 Å². The fraction of sp³-hybridized carbons (Fsp3) is 0.200. The quantitative estimate of drug-likeness (QED) is 0.545. The van der Waals surface area contributed by atoms with Gasteiger partial charge in [0.1, 0.15) is 0 Å². The maximum atomic E-state index is 3.94. The standard InChI is InChI=1S/C15H16IN/c1-5-11-12-9-7-8-10-14(12)17(13(11)6-2)15(3,4)16/h5-10H,1-2H2,3-4H3. The fourth-order valence-electron chi connectivity index (χ4n) is 2.27. The van der Waals surface area contributed by atoms with Crippen LogP contribution in [0.3, 0.4) is 0 Å². The van der Waals surface area contributed by atoms with Crippen LogP contribution in [0.2, 0.25) is 0 Å². The maximum absolute atomic E-state index is 3.94. The summed E-state index contributed by atoms with van der Waals surface area (Å²) in [5, 5.41) is 1.24. The molecule has 0 aliphatic rings. The molecule has 0 saturated heterocycles. The zero-order valence-electron chi connectivity index (χ0n) is 10.2. The Labute approximate surface area is 116 Å². The van der Waals surface area contributed by atoms with Crippen LogP contribution in [-0.4, -0.2) is 4.57 Å². The van der Waals surface area contributed by atoms with Crippen LogP contribution in [-0.2, 0) is 3.55 Å². The molecule has 2 heteroatoms. The number of hydrogen-bond acceptors (Lipinski definition) is 0. The molecule has 2 aromatic rings. The van der Waals surface area contributed by atoms with Gasteiger partial charge >= 0.3 is 0 Å². The predicted molar refractivity (Wildman–Crippen MR) is 85.5 cm³/mol. The first-order valence-electron chi connectivity index (χ1n) is 5.58. The summed E-state index contributed by atoms with van der Waals surface area (Å²) in [7, 11) is 0. The number of alkyl halides is 1. The smallest absolute Gasteiger partial charge is 0.0910 e. The normalized spacial score (nSPS) is 11.7. The number of para-hydroxylation sites is 1. The second-order valence-electron chi connectivity index (χ2n) is 4.47. The Morgan fingerprint density at radius 1 is 1.18 bits per heavy atom. The van der Waals surface area contributed by atoms with E-state index in [2.05, 4.69) is 78.4 Å². The van der Waals surface area contributed by atoms with Crippen molar-refractivity contribution in [3.63, 3.8) is 0 Å². The molecule has 17 heavy (non-hydrogen) atoms. The van der Waals surface area contributed by atoms with Gasteiger partial charge < -0.3 is 4.57 Å². The molecule has 0 fully saturated rings. The molecule has 1 heterocycles. The third-order valence-electron chi connectivity index (χ3n) is 2.88. The summed E-state index contributed by atoms with van der Waals surface area (Å²) in [6.45, 7) is 12.2. The average molecular weight is 337 g/mol. The summed E-state index contributed by atoms with van der Waals surface area (Å²) in [4.78, 5) is 0. The third-order valence-corrected chi connectivity index (χ3v) is 3.36. The lowest BCUT2D eigenvalue weighted by Crippen LogP contribution is -2.19. The molecular weight excluding hydrogens is 321 g/mol. The van der Waals surface area contributed by atoms with Gasteiger partial charge in [-0.25, -0.2) is 0 Å². The summed E-state index contributed by atoms with van der Waals surface area (Å²) in [6, 6.07) is 8.42. The van der Waals surface area contributed by atoms with Crippen LogP contribution < -0.4 is 0 Å². The zero-order valence-corrected chi connectivity index (χ0v) is 12.4. The first-order chi connectivity index (χ1) is 8.00. The highest BCUT2D eigenvalue weighted by Gasteiger charge is 2.22. The van der Waals surface area contributed by atoms with Gasteiger partial charge in [-0.2, -0.15) is 0 Å². The summed E-state index contributed by atoms with van der Waals surface area (Å²) in [5.41, 5.74) is 3.54. The van der Waals surface area contributed by atoms with E-state index in [0.717, 1.165) is 5.69 Å². The van der Waals surface area contributed by atoms with Gasteiger partial charge in [0, 0.05) is 16.6 Å². The molecular formula is C15H16IN. The van der Waals surface area contributed by atoms with Crippen molar-refractivity contribution in [3.05, 3.63) is 48.7 Å². The van der Waals surface area contributed by atoms with Gasteiger partial charge in [-0.1, -0.05) is 60.0 Å². The van der Waals surface area contributed by atoms with Crippen molar-refractivity contribution in [1.29, 1.82) is 0 Å². The average Bonchev–Trinajstić information content (AvgIpc) is 2.61. The number of aromatic nitrogens is 1. The van der Waals surface area contributed by atoms with E-state index >= 15 is 0 Å². The van der Waals surface area contributed by atoms with Gasteiger partial charge in [-0.3, -0.25) is 0 Å². The number of benzene rings is 1.